The van der Waals surface area contributed by atoms with Crippen LogP contribution >= 0.6 is 11.6 Å². The van der Waals surface area contributed by atoms with E-state index in [4.69, 9.17) is 21.3 Å². The van der Waals surface area contributed by atoms with Crippen molar-refractivity contribution in [2.75, 3.05) is 41.9 Å². The molecule has 3 fully saturated rings. The molecule has 4 aromatic rings. The fourth-order valence-electron chi connectivity index (χ4n) is 6.64. The minimum atomic E-state index is -0.880. The number of benzene rings is 2. The molecule has 46 heavy (non-hydrogen) atoms. The van der Waals surface area contributed by atoms with E-state index in [2.05, 4.69) is 37.3 Å². The Morgan fingerprint density at radius 1 is 1.15 bits per heavy atom. The molecule has 1 amide bonds. The number of ether oxygens (including phenoxy) is 1. The number of piperidine rings is 1. The molecule has 0 spiro atoms. The number of nitrogens with one attached hydrogen (secondary N) is 1. The molecule has 2 aromatic heterocycles. The van der Waals surface area contributed by atoms with Gasteiger partial charge in [0.2, 0.25) is 5.95 Å². The molecule has 2 aromatic carbocycles. The Balaban J connectivity index is 1.23. The van der Waals surface area contributed by atoms with Gasteiger partial charge >= 0.3 is 6.09 Å². The van der Waals surface area contributed by atoms with Crippen molar-refractivity contribution >= 4 is 46.5 Å². The second kappa shape index (κ2) is 11.9. The number of methoxy groups -OCH3 is 1. The van der Waals surface area contributed by atoms with Crippen LogP contribution < -0.4 is 19.9 Å². The van der Waals surface area contributed by atoms with Gasteiger partial charge in [0, 0.05) is 38.3 Å². The SMILES string of the molecule is COc1ccc(CN(c2nc(Nc3cc(C#N)cc(N4CCC5C(CCN5C(=O)O)C4)c3Cl)nn3c(C#N)cnc23)C2CC2)cc1. The number of likely N-dealkylation sites (tertiary alicyclic amines) is 1. The molecule has 13 nitrogen and oxygen atoms in total. The predicted octanol–water partition coefficient (Wildman–Crippen LogP) is 5.02. The van der Waals surface area contributed by atoms with Gasteiger partial charge in [-0.2, -0.15) is 20.0 Å². The van der Waals surface area contributed by atoms with Gasteiger partial charge in [0.05, 0.1) is 41.3 Å². The highest BCUT2D eigenvalue weighted by Gasteiger charge is 2.41. The molecule has 4 heterocycles. The second-order valence-electron chi connectivity index (χ2n) is 11.9. The predicted molar refractivity (Wildman–Crippen MR) is 171 cm³/mol. The van der Waals surface area contributed by atoms with Crippen LogP contribution in [0.4, 0.5) is 27.9 Å². The zero-order valence-electron chi connectivity index (χ0n) is 25.1. The lowest BCUT2D eigenvalue weighted by Gasteiger charge is -2.39. The smallest absolute Gasteiger partial charge is 0.407 e. The molecule has 0 radical (unpaired) electrons. The van der Waals surface area contributed by atoms with E-state index in [9.17, 15) is 20.4 Å². The van der Waals surface area contributed by atoms with Gasteiger partial charge in [0.25, 0.3) is 0 Å². The van der Waals surface area contributed by atoms with Crippen molar-refractivity contribution in [2.24, 2.45) is 5.92 Å². The first kappa shape index (κ1) is 29.4. The molecular weight excluding hydrogens is 608 g/mol. The third-order valence-corrected chi connectivity index (χ3v) is 9.48. The molecular formula is C32H31ClN10O3. The lowest BCUT2D eigenvalue weighted by atomic mass is 9.92. The Morgan fingerprint density at radius 3 is 2.65 bits per heavy atom. The highest BCUT2D eigenvalue weighted by Crippen LogP contribution is 2.41. The Labute approximate surface area is 270 Å². The van der Waals surface area contributed by atoms with Crippen LogP contribution in [-0.4, -0.2) is 74.5 Å². The average molecular weight is 639 g/mol. The Morgan fingerprint density at radius 2 is 1.96 bits per heavy atom. The third-order valence-electron chi connectivity index (χ3n) is 9.08. The average Bonchev–Trinajstić information content (AvgIpc) is 3.68. The lowest BCUT2D eigenvalue weighted by Crippen LogP contribution is -2.47. The van der Waals surface area contributed by atoms with Crippen molar-refractivity contribution in [1.82, 2.24) is 24.5 Å². The maximum atomic E-state index is 11.7. The van der Waals surface area contributed by atoms with Crippen molar-refractivity contribution in [2.45, 2.75) is 44.3 Å². The summed E-state index contributed by atoms with van der Waals surface area (Å²) in [4.78, 5) is 27.0. The van der Waals surface area contributed by atoms with Crippen molar-refractivity contribution in [3.63, 3.8) is 0 Å². The number of aromatic nitrogens is 4. The summed E-state index contributed by atoms with van der Waals surface area (Å²) >= 11 is 7.03. The fourth-order valence-corrected chi connectivity index (χ4v) is 6.91. The topological polar surface area (TPSA) is 159 Å². The number of anilines is 4. The molecule has 1 saturated carbocycles. The monoisotopic (exact) mass is 638 g/mol. The molecule has 2 N–H and O–H groups in total. The number of hydrogen-bond donors (Lipinski definition) is 2. The van der Waals surface area contributed by atoms with Gasteiger partial charge in [0.15, 0.2) is 17.2 Å². The van der Waals surface area contributed by atoms with E-state index < -0.39 is 6.09 Å². The van der Waals surface area contributed by atoms with Gasteiger partial charge in [-0.25, -0.2) is 9.78 Å². The maximum Gasteiger partial charge on any atom is 0.407 e. The van der Waals surface area contributed by atoms with Gasteiger partial charge in [-0.05, 0) is 61.4 Å². The van der Waals surface area contributed by atoms with Gasteiger partial charge in [-0.3, -0.25) is 0 Å². The van der Waals surface area contributed by atoms with Crippen LogP contribution in [0.15, 0.2) is 42.6 Å². The summed E-state index contributed by atoms with van der Waals surface area (Å²) in [5.41, 5.74) is 3.34. The minimum Gasteiger partial charge on any atom is -0.497 e. The maximum absolute atomic E-state index is 11.7. The number of imidazole rings is 1. The number of hydrogen-bond acceptors (Lipinski definition) is 10. The van der Waals surface area contributed by atoms with E-state index in [-0.39, 0.29) is 29.6 Å². The van der Waals surface area contributed by atoms with E-state index in [0.29, 0.717) is 66.0 Å². The zero-order chi connectivity index (χ0) is 31.9. The first-order valence-corrected chi connectivity index (χ1v) is 15.5. The number of rotatable bonds is 8. The standard InChI is InChI=1S/C32H31ClN10O3/c1-46-24-6-2-19(3-7-24)17-42(22-4-5-22)30-29-36-16-23(15-35)43(29)39-31(38-30)37-25-12-20(14-34)13-27(28(25)33)40-10-9-26-21(18-40)8-11-41(26)32(44)45/h2-3,6-7,12-13,16,21-22,26H,4-5,8-11,17-18H2,1H3,(H,37,39)(H,44,45). The van der Waals surface area contributed by atoms with Crippen molar-refractivity contribution in [3.05, 3.63) is 64.4 Å². The van der Waals surface area contributed by atoms with E-state index >= 15 is 0 Å². The zero-order valence-corrected chi connectivity index (χ0v) is 25.9. The number of amides is 1. The van der Waals surface area contributed by atoms with Crippen LogP contribution in [0.1, 0.15) is 42.5 Å². The quantitative estimate of drug-likeness (QED) is 0.267. The second-order valence-corrected chi connectivity index (χ2v) is 12.3. The van der Waals surface area contributed by atoms with Crippen molar-refractivity contribution < 1.29 is 14.6 Å². The fraction of sp³-hybridized carbons (Fsp3) is 0.375. The molecule has 14 heteroatoms. The molecule has 2 unspecified atom stereocenters. The van der Waals surface area contributed by atoms with Gasteiger partial charge in [-0.1, -0.05) is 23.7 Å². The first-order chi connectivity index (χ1) is 22.4. The van der Waals surface area contributed by atoms with E-state index in [1.54, 1.807) is 24.1 Å². The molecule has 3 aliphatic rings. The van der Waals surface area contributed by atoms with Gasteiger partial charge < -0.3 is 29.9 Å². The van der Waals surface area contributed by atoms with Gasteiger partial charge in [-0.15, -0.1) is 5.10 Å². The number of carboxylic acid groups (broad SMARTS) is 1. The molecule has 7 rings (SSSR count). The molecule has 2 atom stereocenters. The van der Waals surface area contributed by atoms with E-state index in [1.807, 2.05) is 24.3 Å². The molecule has 1 aliphatic carbocycles. The Bertz CT molecular complexity index is 1900. The molecule has 2 saturated heterocycles. The highest BCUT2D eigenvalue weighted by atomic mass is 35.5. The molecule has 0 bridgehead atoms. The van der Waals surface area contributed by atoms with Crippen LogP contribution in [0.2, 0.25) is 5.02 Å². The van der Waals surface area contributed by atoms with Crippen molar-refractivity contribution in [3.8, 4) is 17.9 Å². The molecule has 234 valence electrons. The van der Waals surface area contributed by atoms with E-state index in [0.717, 1.165) is 30.6 Å². The third kappa shape index (κ3) is 5.43. The van der Waals surface area contributed by atoms with Crippen LogP contribution in [0.3, 0.4) is 0 Å². The van der Waals surface area contributed by atoms with Crippen molar-refractivity contribution in [1.29, 1.82) is 10.5 Å². The summed E-state index contributed by atoms with van der Waals surface area (Å²) in [6, 6.07) is 15.9. The van der Waals surface area contributed by atoms with E-state index in [1.165, 1.54) is 10.7 Å². The number of nitrogens with zero attached hydrogens (tertiary/aromatic N) is 9. The first-order valence-electron chi connectivity index (χ1n) is 15.2. The van der Waals surface area contributed by atoms with Crippen LogP contribution in [0.5, 0.6) is 5.75 Å². The Hall–Kier alpha value is -5.27. The summed E-state index contributed by atoms with van der Waals surface area (Å²) in [7, 11) is 1.64. The summed E-state index contributed by atoms with van der Waals surface area (Å²) in [6.07, 6.45) is 4.07. The summed E-state index contributed by atoms with van der Waals surface area (Å²) in [6.45, 7) is 2.33. The number of carbonyl (C=O) groups is 1. The van der Waals surface area contributed by atoms with Crippen LogP contribution in [-0.2, 0) is 6.54 Å². The number of halogens is 1. The lowest BCUT2D eigenvalue weighted by molar-refractivity contribution is 0.129. The largest absolute Gasteiger partial charge is 0.497 e. The van der Waals surface area contributed by atoms with Crippen LogP contribution in [0, 0.1) is 28.6 Å². The van der Waals surface area contributed by atoms with Gasteiger partial charge in [0.1, 0.15) is 11.8 Å². The highest BCUT2D eigenvalue weighted by molar-refractivity contribution is 6.36. The number of nitriles is 2. The Kier molecular flexibility index (Phi) is 7.62. The minimum absolute atomic E-state index is 0.0142. The molecule has 2 aliphatic heterocycles. The summed E-state index contributed by atoms with van der Waals surface area (Å²) < 4.78 is 6.81. The normalized spacial score (nSPS) is 19.0. The summed E-state index contributed by atoms with van der Waals surface area (Å²) in [5.74, 6) is 1.74. The number of fused-ring (bicyclic) bond motifs is 2. The van der Waals surface area contributed by atoms with Crippen LogP contribution in [0.25, 0.3) is 5.65 Å². The summed E-state index contributed by atoms with van der Waals surface area (Å²) in [5, 5.41) is 37.6.